The summed E-state index contributed by atoms with van der Waals surface area (Å²) in [6, 6.07) is 1.75. The number of amides is 1. The van der Waals surface area contributed by atoms with E-state index in [-0.39, 0.29) is 23.2 Å². The van der Waals surface area contributed by atoms with Crippen LogP contribution in [0.4, 0.5) is 0 Å². The molecular weight excluding hydrogens is 336 g/mol. The monoisotopic (exact) mass is 360 g/mol. The molecule has 0 bridgehead atoms. The first-order valence-electron chi connectivity index (χ1n) is 9.05. The van der Waals surface area contributed by atoms with Gasteiger partial charge in [-0.2, -0.15) is 5.10 Å². The maximum Gasteiger partial charge on any atom is 0.273 e. The highest BCUT2D eigenvalue weighted by Crippen LogP contribution is 2.34. The minimum atomic E-state index is -0.212. The van der Waals surface area contributed by atoms with Crippen molar-refractivity contribution in [2.45, 2.75) is 44.2 Å². The molecular formula is C18H24N4O4. The molecule has 1 N–H and O–H groups in total. The summed E-state index contributed by atoms with van der Waals surface area (Å²) in [5.74, 6) is 0.337. The first-order valence-corrected chi connectivity index (χ1v) is 9.05. The number of ether oxygens (including phenoxy) is 2. The maximum atomic E-state index is 12.6. The third-order valence-electron chi connectivity index (χ3n) is 5.48. The molecule has 0 saturated carbocycles. The van der Waals surface area contributed by atoms with Crippen LogP contribution in [0.1, 0.15) is 41.9 Å². The third kappa shape index (κ3) is 3.26. The van der Waals surface area contributed by atoms with Crippen molar-refractivity contribution in [1.29, 1.82) is 0 Å². The number of carbonyl (C=O) groups is 1. The Labute approximate surface area is 151 Å². The van der Waals surface area contributed by atoms with E-state index in [4.69, 9.17) is 14.0 Å². The number of rotatable bonds is 3. The number of hydrogen-bond donors (Lipinski definition) is 1. The molecule has 2 aromatic heterocycles. The van der Waals surface area contributed by atoms with Crippen LogP contribution in [0.3, 0.4) is 0 Å². The maximum absolute atomic E-state index is 12.6. The molecule has 2 fully saturated rings. The van der Waals surface area contributed by atoms with E-state index in [0.29, 0.717) is 12.4 Å². The van der Waals surface area contributed by atoms with Crippen LogP contribution in [0.15, 0.2) is 16.8 Å². The Morgan fingerprint density at radius 3 is 2.88 bits per heavy atom. The van der Waals surface area contributed by atoms with Crippen molar-refractivity contribution < 1.29 is 18.8 Å². The number of nitrogens with zero attached hydrogens (tertiary/aromatic N) is 3. The van der Waals surface area contributed by atoms with Crippen molar-refractivity contribution in [3.05, 3.63) is 23.7 Å². The molecule has 2 aliphatic heterocycles. The fraction of sp³-hybridized carbons (Fsp3) is 0.611. The predicted molar refractivity (Wildman–Crippen MR) is 92.7 cm³/mol. The van der Waals surface area contributed by atoms with Gasteiger partial charge < -0.3 is 19.3 Å². The lowest BCUT2D eigenvalue weighted by atomic mass is 9.84. The van der Waals surface area contributed by atoms with Gasteiger partial charge in [-0.25, -0.2) is 0 Å². The van der Waals surface area contributed by atoms with Gasteiger partial charge in [-0.05, 0) is 32.6 Å². The van der Waals surface area contributed by atoms with Crippen LogP contribution in [0.2, 0.25) is 0 Å². The van der Waals surface area contributed by atoms with Crippen LogP contribution in [0, 0.1) is 6.92 Å². The van der Waals surface area contributed by atoms with Gasteiger partial charge in [0.15, 0.2) is 11.5 Å². The number of hydrogen-bond acceptors (Lipinski definition) is 6. The van der Waals surface area contributed by atoms with E-state index >= 15 is 0 Å². The summed E-state index contributed by atoms with van der Waals surface area (Å²) in [7, 11) is 1.86. The van der Waals surface area contributed by atoms with Gasteiger partial charge >= 0.3 is 0 Å². The lowest BCUT2D eigenvalue weighted by Gasteiger charge is -2.43. The lowest BCUT2D eigenvalue weighted by molar-refractivity contribution is -0.139. The molecule has 26 heavy (non-hydrogen) atoms. The molecule has 2 saturated heterocycles. The lowest BCUT2D eigenvalue weighted by Crippen LogP contribution is -2.51. The second-order valence-corrected chi connectivity index (χ2v) is 7.15. The van der Waals surface area contributed by atoms with Crippen molar-refractivity contribution in [2.24, 2.45) is 7.05 Å². The van der Waals surface area contributed by atoms with Crippen LogP contribution in [-0.4, -0.2) is 52.3 Å². The second-order valence-electron chi connectivity index (χ2n) is 7.15. The molecule has 8 heteroatoms. The molecule has 140 valence electrons. The number of aromatic nitrogens is 3. The zero-order valence-corrected chi connectivity index (χ0v) is 15.2. The molecule has 0 aliphatic carbocycles. The Hall–Kier alpha value is -2.19. The highest BCUT2D eigenvalue weighted by Gasteiger charge is 2.39. The Bertz CT molecular complexity index is 785. The van der Waals surface area contributed by atoms with E-state index < -0.39 is 0 Å². The standard InChI is InChI=1S/C18H24N4O4/c1-12-14(11-19-22(12)2)16-9-15(21-26-16)17(23)20-13-3-6-25-18(10-13)4-7-24-8-5-18/h9,11,13H,3-8,10H2,1-2H3,(H,20,23). The van der Waals surface area contributed by atoms with E-state index in [1.54, 1.807) is 16.9 Å². The molecule has 1 amide bonds. The van der Waals surface area contributed by atoms with Crippen LogP contribution < -0.4 is 5.32 Å². The third-order valence-corrected chi connectivity index (χ3v) is 5.48. The molecule has 0 aromatic carbocycles. The molecule has 1 spiro atoms. The van der Waals surface area contributed by atoms with Crippen molar-refractivity contribution in [1.82, 2.24) is 20.3 Å². The first-order chi connectivity index (χ1) is 12.6. The van der Waals surface area contributed by atoms with Gasteiger partial charge in [-0.15, -0.1) is 0 Å². The largest absolute Gasteiger partial charge is 0.381 e. The smallest absolute Gasteiger partial charge is 0.273 e. The van der Waals surface area contributed by atoms with Crippen molar-refractivity contribution >= 4 is 5.91 Å². The molecule has 4 rings (SSSR count). The van der Waals surface area contributed by atoms with Gasteiger partial charge in [-0.3, -0.25) is 9.48 Å². The topological polar surface area (TPSA) is 91.4 Å². The zero-order valence-electron chi connectivity index (χ0n) is 15.2. The summed E-state index contributed by atoms with van der Waals surface area (Å²) in [4.78, 5) is 12.6. The Morgan fingerprint density at radius 2 is 2.15 bits per heavy atom. The highest BCUT2D eigenvalue weighted by molar-refractivity contribution is 5.93. The minimum Gasteiger partial charge on any atom is -0.381 e. The summed E-state index contributed by atoms with van der Waals surface area (Å²) in [6.07, 6.45) is 5.10. The molecule has 1 atom stereocenters. The zero-order chi connectivity index (χ0) is 18.1. The fourth-order valence-corrected chi connectivity index (χ4v) is 3.75. The minimum absolute atomic E-state index is 0.0784. The van der Waals surface area contributed by atoms with Crippen molar-refractivity contribution in [2.75, 3.05) is 19.8 Å². The summed E-state index contributed by atoms with van der Waals surface area (Å²) in [5.41, 5.74) is 1.93. The first kappa shape index (κ1) is 17.2. The Balaban J connectivity index is 1.43. The van der Waals surface area contributed by atoms with Crippen molar-refractivity contribution in [3.8, 4) is 11.3 Å². The fourth-order valence-electron chi connectivity index (χ4n) is 3.75. The van der Waals surface area contributed by atoms with Crippen molar-refractivity contribution in [3.63, 3.8) is 0 Å². The number of carbonyl (C=O) groups excluding carboxylic acids is 1. The summed E-state index contributed by atoms with van der Waals surface area (Å²) in [5, 5.41) is 11.2. The van der Waals surface area contributed by atoms with E-state index in [2.05, 4.69) is 15.6 Å². The average molecular weight is 360 g/mol. The van der Waals surface area contributed by atoms with E-state index in [1.807, 2.05) is 14.0 Å². The van der Waals surface area contributed by atoms with Crippen LogP contribution >= 0.6 is 0 Å². The van der Waals surface area contributed by atoms with Gasteiger partial charge in [0.2, 0.25) is 0 Å². The Kier molecular flexibility index (Phi) is 4.54. The second kappa shape index (κ2) is 6.85. The summed E-state index contributed by atoms with van der Waals surface area (Å²) >= 11 is 0. The van der Waals surface area contributed by atoms with Gasteiger partial charge in [0, 0.05) is 44.7 Å². The van der Waals surface area contributed by atoms with Gasteiger partial charge in [0.05, 0.1) is 17.4 Å². The number of aryl methyl sites for hydroxylation is 1. The summed E-state index contributed by atoms with van der Waals surface area (Å²) < 4.78 is 18.6. The molecule has 4 heterocycles. The predicted octanol–water partition coefficient (Wildman–Crippen LogP) is 1.84. The molecule has 1 unspecified atom stereocenters. The van der Waals surface area contributed by atoms with Gasteiger partial charge in [0.25, 0.3) is 5.91 Å². The molecule has 0 radical (unpaired) electrons. The van der Waals surface area contributed by atoms with E-state index in [0.717, 1.165) is 50.2 Å². The molecule has 2 aromatic rings. The SMILES string of the molecule is Cc1c(-c2cc(C(=O)NC3CCOC4(CCOCC4)C3)no2)cnn1C. The summed E-state index contributed by atoms with van der Waals surface area (Å²) in [6.45, 7) is 4.04. The van der Waals surface area contributed by atoms with Crippen LogP contribution in [0.5, 0.6) is 0 Å². The average Bonchev–Trinajstić information content (AvgIpc) is 3.24. The number of nitrogens with one attached hydrogen (secondary N) is 1. The van der Waals surface area contributed by atoms with Crippen LogP contribution in [-0.2, 0) is 16.5 Å². The van der Waals surface area contributed by atoms with E-state index in [1.165, 1.54) is 0 Å². The van der Waals surface area contributed by atoms with Crippen LogP contribution in [0.25, 0.3) is 11.3 Å². The molecule has 8 nitrogen and oxygen atoms in total. The van der Waals surface area contributed by atoms with Gasteiger partial charge in [-0.1, -0.05) is 5.16 Å². The highest BCUT2D eigenvalue weighted by atomic mass is 16.5. The van der Waals surface area contributed by atoms with Gasteiger partial charge in [0.1, 0.15) is 0 Å². The van der Waals surface area contributed by atoms with E-state index in [9.17, 15) is 4.79 Å². The quantitative estimate of drug-likeness (QED) is 0.898. The Morgan fingerprint density at radius 1 is 1.35 bits per heavy atom. The normalized spacial score (nSPS) is 22.5. The molecule has 2 aliphatic rings.